The van der Waals surface area contributed by atoms with Crippen molar-refractivity contribution >= 4 is 21.0 Å². The Kier molecular flexibility index (Phi) is 7.41. The number of rotatable bonds is 8. The van der Waals surface area contributed by atoms with E-state index in [-0.39, 0.29) is 22.0 Å². The fourth-order valence-electron chi connectivity index (χ4n) is 2.43. The molecule has 0 aliphatic heterocycles. The van der Waals surface area contributed by atoms with E-state index in [1.54, 1.807) is 0 Å². The smallest absolute Gasteiger partial charge is 0.377 e. The van der Waals surface area contributed by atoms with Gasteiger partial charge in [0.05, 0.1) is 0 Å². The molecular weight excluding hydrogens is 475 g/mol. The van der Waals surface area contributed by atoms with Crippen LogP contribution >= 0.6 is 0 Å². The van der Waals surface area contributed by atoms with Gasteiger partial charge in [-0.1, -0.05) is 0 Å². The summed E-state index contributed by atoms with van der Waals surface area (Å²) in [6.07, 6.45) is -7.14. The van der Waals surface area contributed by atoms with Gasteiger partial charge in [0.25, 0.3) is 0 Å². The first-order valence-corrected chi connectivity index (χ1v) is 11.2. The average Bonchev–Trinajstić information content (AvgIpc) is 2.57. The molecule has 0 fully saturated rings. The molecule has 3 nitrogen and oxygen atoms in total. The van der Waals surface area contributed by atoms with Crippen LogP contribution in [0.4, 0.5) is 39.5 Å². The third-order valence-electron chi connectivity index (χ3n) is 4.09. The van der Waals surface area contributed by atoms with Crippen molar-refractivity contribution < 1.29 is 52.1 Å². The standard InChI is InChI=1S/C16H18F9O3S2/c1-5-29(6-2)11-7-9(3)12(10(4)8-11)28-30(26,27)16(24,25)14(19,20)13(17,18)15(21,22)23/h7-8H,5-6H2,1-4H3/q+1. The first-order chi connectivity index (χ1) is 13.3. The molecule has 0 aromatic heterocycles. The van der Waals surface area contributed by atoms with E-state index in [4.69, 9.17) is 0 Å². The molecule has 0 N–H and O–H groups in total. The van der Waals surface area contributed by atoms with Crippen LogP contribution in [0.3, 0.4) is 0 Å². The second-order valence-corrected chi connectivity index (χ2v) is 10.4. The molecule has 0 amide bonds. The van der Waals surface area contributed by atoms with Crippen LogP contribution in [0.15, 0.2) is 17.0 Å². The van der Waals surface area contributed by atoms with Gasteiger partial charge >= 0.3 is 33.4 Å². The predicted octanol–water partition coefficient (Wildman–Crippen LogP) is 5.45. The zero-order chi connectivity index (χ0) is 23.9. The molecule has 1 aromatic rings. The summed E-state index contributed by atoms with van der Waals surface area (Å²) in [7, 11) is -7.27. The summed E-state index contributed by atoms with van der Waals surface area (Å²) in [5, 5.41) is -6.90. The lowest BCUT2D eigenvalue weighted by Crippen LogP contribution is -2.63. The second-order valence-electron chi connectivity index (χ2n) is 6.16. The van der Waals surface area contributed by atoms with Crippen LogP contribution in [0.5, 0.6) is 5.75 Å². The fourth-order valence-corrected chi connectivity index (χ4v) is 5.22. The minimum atomic E-state index is -7.34. The van der Waals surface area contributed by atoms with Gasteiger partial charge in [-0.3, -0.25) is 0 Å². The third kappa shape index (κ3) is 4.34. The SMILES string of the molecule is CC[S+](CC)c1cc(C)c(OS(=O)(=O)C(F)(F)C(F)(F)C(F)(F)C(F)(F)F)c(C)c1. The van der Waals surface area contributed by atoms with Crippen molar-refractivity contribution in [3.05, 3.63) is 23.3 Å². The lowest BCUT2D eigenvalue weighted by atomic mass is 10.1. The van der Waals surface area contributed by atoms with E-state index in [9.17, 15) is 47.9 Å². The Balaban J connectivity index is 3.47. The zero-order valence-electron chi connectivity index (χ0n) is 16.0. The van der Waals surface area contributed by atoms with Gasteiger partial charge < -0.3 is 4.18 Å². The van der Waals surface area contributed by atoms with Crippen molar-refractivity contribution in [1.82, 2.24) is 0 Å². The highest BCUT2D eigenvalue weighted by atomic mass is 32.2. The Hall–Kier alpha value is -1.31. The third-order valence-corrected chi connectivity index (χ3v) is 7.65. The largest absolute Gasteiger partial charge is 0.460 e. The van der Waals surface area contributed by atoms with Crippen molar-refractivity contribution in [2.75, 3.05) is 11.5 Å². The van der Waals surface area contributed by atoms with Gasteiger partial charge in [0.2, 0.25) is 0 Å². The molecule has 14 heteroatoms. The lowest BCUT2D eigenvalue weighted by molar-refractivity contribution is -0.382. The van der Waals surface area contributed by atoms with Crippen LogP contribution in [-0.2, 0) is 21.0 Å². The second kappa shape index (κ2) is 8.32. The number of hydrogen-bond acceptors (Lipinski definition) is 3. The number of alkyl halides is 9. The van der Waals surface area contributed by atoms with Crippen molar-refractivity contribution in [3.8, 4) is 5.75 Å². The molecule has 30 heavy (non-hydrogen) atoms. The minimum absolute atomic E-state index is 0.102. The highest BCUT2D eigenvalue weighted by Crippen LogP contribution is 2.55. The molecule has 174 valence electrons. The van der Waals surface area contributed by atoms with E-state index in [0.717, 1.165) is 0 Å². The number of hydrogen-bond donors (Lipinski definition) is 0. The van der Waals surface area contributed by atoms with E-state index >= 15 is 0 Å². The van der Waals surface area contributed by atoms with Crippen LogP contribution in [-0.4, -0.2) is 43.2 Å². The average molecular weight is 493 g/mol. The molecule has 0 radical (unpaired) electrons. The summed E-state index contributed by atoms with van der Waals surface area (Å²) in [6, 6.07) is 2.68. The van der Waals surface area contributed by atoms with Crippen molar-refractivity contribution in [3.63, 3.8) is 0 Å². The van der Waals surface area contributed by atoms with Gasteiger partial charge in [-0.25, -0.2) is 0 Å². The zero-order valence-corrected chi connectivity index (χ0v) is 17.6. The summed E-state index contributed by atoms with van der Waals surface area (Å²) < 4.78 is 145. The maximum absolute atomic E-state index is 13.8. The summed E-state index contributed by atoms with van der Waals surface area (Å²) in [4.78, 5) is 0.681. The summed E-state index contributed by atoms with van der Waals surface area (Å²) in [6.45, 7) is 6.09. The Bertz CT molecular complexity index is 853. The molecule has 0 aliphatic carbocycles. The van der Waals surface area contributed by atoms with Crippen LogP contribution in [0.2, 0.25) is 0 Å². The molecule has 0 heterocycles. The predicted molar refractivity (Wildman–Crippen MR) is 93.1 cm³/mol. The highest BCUT2D eigenvalue weighted by Gasteiger charge is 2.86. The van der Waals surface area contributed by atoms with E-state index in [0.29, 0.717) is 16.4 Å². The van der Waals surface area contributed by atoms with Crippen LogP contribution in [0, 0.1) is 13.8 Å². The summed E-state index contributed by atoms with van der Waals surface area (Å²) in [5.74, 6) is -14.2. The Morgan fingerprint density at radius 3 is 1.57 bits per heavy atom. The van der Waals surface area contributed by atoms with Gasteiger partial charge in [-0.05, 0) is 51.0 Å². The Morgan fingerprint density at radius 1 is 0.833 bits per heavy atom. The topological polar surface area (TPSA) is 43.4 Å². The molecule has 1 rings (SSSR count). The Labute approximate surface area is 170 Å². The molecule has 0 saturated carbocycles. The highest BCUT2D eigenvalue weighted by molar-refractivity contribution is 7.96. The monoisotopic (exact) mass is 493 g/mol. The van der Waals surface area contributed by atoms with Crippen LogP contribution in [0.25, 0.3) is 0 Å². The maximum atomic E-state index is 13.8. The van der Waals surface area contributed by atoms with E-state index in [1.165, 1.54) is 26.0 Å². The number of aryl methyl sites for hydroxylation is 2. The van der Waals surface area contributed by atoms with E-state index in [2.05, 4.69) is 4.18 Å². The van der Waals surface area contributed by atoms with Gasteiger partial charge in [-0.2, -0.15) is 47.9 Å². The molecule has 0 unspecified atom stereocenters. The fraction of sp³-hybridized carbons (Fsp3) is 0.625. The summed E-state index contributed by atoms with van der Waals surface area (Å²) >= 11 is 0. The van der Waals surface area contributed by atoms with E-state index in [1.807, 2.05) is 13.8 Å². The van der Waals surface area contributed by atoms with E-state index < -0.39 is 39.1 Å². The quantitative estimate of drug-likeness (QED) is 0.275. The summed E-state index contributed by atoms with van der Waals surface area (Å²) in [5.41, 5.74) is -0.204. The number of halogens is 9. The lowest BCUT2D eigenvalue weighted by Gasteiger charge is -2.32. The van der Waals surface area contributed by atoms with Gasteiger partial charge in [0, 0.05) is 10.9 Å². The maximum Gasteiger partial charge on any atom is 0.460 e. The molecule has 0 spiro atoms. The van der Waals surface area contributed by atoms with Gasteiger partial charge in [0.15, 0.2) is 4.90 Å². The van der Waals surface area contributed by atoms with Crippen molar-refractivity contribution in [2.45, 2.75) is 55.9 Å². The normalized spacial score (nSPS) is 14.3. The van der Waals surface area contributed by atoms with Gasteiger partial charge in [-0.15, -0.1) is 0 Å². The Morgan fingerprint density at radius 2 is 1.23 bits per heavy atom. The minimum Gasteiger partial charge on any atom is -0.377 e. The van der Waals surface area contributed by atoms with Gasteiger partial charge in [0.1, 0.15) is 17.3 Å². The van der Waals surface area contributed by atoms with Crippen LogP contribution < -0.4 is 4.18 Å². The molecule has 0 saturated heterocycles. The molecule has 0 atom stereocenters. The first kappa shape index (κ1) is 26.7. The number of benzene rings is 1. The first-order valence-electron chi connectivity index (χ1n) is 8.21. The molecular formula is C16H18F9O3S2+. The molecule has 0 bridgehead atoms. The molecule has 0 aliphatic rings. The molecule has 1 aromatic carbocycles. The van der Waals surface area contributed by atoms with Crippen molar-refractivity contribution in [2.24, 2.45) is 0 Å². The van der Waals surface area contributed by atoms with Crippen LogP contribution in [0.1, 0.15) is 25.0 Å². The van der Waals surface area contributed by atoms with Crippen molar-refractivity contribution in [1.29, 1.82) is 0 Å².